The Balaban J connectivity index is 1.83. The Hall–Kier alpha value is -2.24. The average molecular weight is 368 g/mol. The maximum Gasteiger partial charge on any atom is 0.227 e. The lowest BCUT2D eigenvalue weighted by atomic mass is 9.74. The summed E-state index contributed by atoms with van der Waals surface area (Å²) in [6, 6.07) is 12.1. The molecular weight excluding hydrogens is 340 g/mol. The van der Waals surface area contributed by atoms with Gasteiger partial charge in [0.25, 0.3) is 0 Å². The number of pyridine rings is 1. The number of hydrogen-bond donors (Lipinski definition) is 2. The molecular formula is C22H28N2O3. The van der Waals surface area contributed by atoms with Crippen molar-refractivity contribution in [3.05, 3.63) is 54.4 Å². The summed E-state index contributed by atoms with van der Waals surface area (Å²) in [7, 11) is 0. The fraction of sp³-hybridized carbons (Fsp3) is 0.455. The van der Waals surface area contributed by atoms with E-state index in [-0.39, 0.29) is 18.6 Å². The normalized spacial score (nSPS) is 17.3. The third-order valence-corrected chi connectivity index (χ3v) is 5.44. The fourth-order valence-corrected chi connectivity index (χ4v) is 3.65. The van der Waals surface area contributed by atoms with Crippen molar-refractivity contribution in [2.45, 2.75) is 38.6 Å². The van der Waals surface area contributed by atoms with Crippen LogP contribution in [0.3, 0.4) is 0 Å². The van der Waals surface area contributed by atoms with E-state index in [1.54, 1.807) is 6.20 Å². The molecule has 0 saturated carbocycles. The number of benzene rings is 1. The van der Waals surface area contributed by atoms with Crippen molar-refractivity contribution in [3.8, 4) is 11.1 Å². The summed E-state index contributed by atoms with van der Waals surface area (Å²) in [6.07, 6.45) is 6.38. The van der Waals surface area contributed by atoms with Crippen molar-refractivity contribution in [2.75, 3.05) is 19.8 Å². The summed E-state index contributed by atoms with van der Waals surface area (Å²) >= 11 is 0. The number of nitrogens with zero attached hydrogens (tertiary/aromatic N) is 1. The molecule has 0 radical (unpaired) electrons. The molecule has 5 nitrogen and oxygen atoms in total. The molecule has 1 aliphatic rings. The summed E-state index contributed by atoms with van der Waals surface area (Å²) in [6.45, 7) is 3.11. The number of ether oxygens (including phenoxy) is 1. The van der Waals surface area contributed by atoms with Crippen LogP contribution in [-0.2, 0) is 16.0 Å². The van der Waals surface area contributed by atoms with Crippen molar-refractivity contribution in [1.29, 1.82) is 0 Å². The van der Waals surface area contributed by atoms with Gasteiger partial charge in [0.2, 0.25) is 5.91 Å². The van der Waals surface area contributed by atoms with Gasteiger partial charge in [-0.25, -0.2) is 0 Å². The molecule has 144 valence electrons. The molecule has 0 spiro atoms. The van der Waals surface area contributed by atoms with Crippen LogP contribution >= 0.6 is 0 Å². The average Bonchev–Trinajstić information content (AvgIpc) is 2.73. The van der Waals surface area contributed by atoms with Gasteiger partial charge in [0, 0.05) is 25.6 Å². The molecule has 2 aromatic rings. The van der Waals surface area contributed by atoms with Crippen molar-refractivity contribution in [1.82, 2.24) is 10.3 Å². The van der Waals surface area contributed by atoms with E-state index >= 15 is 0 Å². The minimum absolute atomic E-state index is 0.0264. The molecule has 1 atom stereocenters. The molecule has 1 aromatic heterocycles. The highest BCUT2D eigenvalue weighted by Crippen LogP contribution is 2.36. The third-order valence-electron chi connectivity index (χ3n) is 5.44. The summed E-state index contributed by atoms with van der Waals surface area (Å²) in [4.78, 5) is 17.3. The highest BCUT2D eigenvalue weighted by molar-refractivity contribution is 5.83. The zero-order valence-electron chi connectivity index (χ0n) is 15.9. The second kappa shape index (κ2) is 9.11. The maximum absolute atomic E-state index is 13.1. The first-order valence-corrected chi connectivity index (χ1v) is 9.66. The van der Waals surface area contributed by atoms with Crippen LogP contribution in [0, 0.1) is 5.41 Å². The highest BCUT2D eigenvalue weighted by atomic mass is 16.5. The monoisotopic (exact) mass is 368 g/mol. The fourth-order valence-electron chi connectivity index (χ4n) is 3.65. The first kappa shape index (κ1) is 19.5. The molecule has 1 amide bonds. The Labute approximate surface area is 160 Å². The summed E-state index contributed by atoms with van der Waals surface area (Å²) < 4.78 is 5.53. The van der Waals surface area contributed by atoms with E-state index < -0.39 is 5.41 Å². The third kappa shape index (κ3) is 4.73. The molecule has 3 rings (SSSR count). The van der Waals surface area contributed by atoms with Crippen molar-refractivity contribution in [2.24, 2.45) is 5.41 Å². The van der Waals surface area contributed by atoms with E-state index in [0.717, 1.165) is 16.7 Å². The lowest BCUT2D eigenvalue weighted by molar-refractivity contribution is -0.137. The van der Waals surface area contributed by atoms with Gasteiger partial charge in [-0.05, 0) is 48.4 Å². The van der Waals surface area contributed by atoms with Gasteiger partial charge < -0.3 is 15.2 Å². The Morgan fingerprint density at radius 1 is 1.26 bits per heavy atom. The van der Waals surface area contributed by atoms with Crippen LogP contribution in [0.2, 0.25) is 0 Å². The minimum Gasteiger partial charge on any atom is -0.394 e. The molecule has 1 fully saturated rings. The largest absolute Gasteiger partial charge is 0.394 e. The zero-order chi connectivity index (χ0) is 19.1. The van der Waals surface area contributed by atoms with Crippen molar-refractivity contribution in [3.63, 3.8) is 0 Å². The van der Waals surface area contributed by atoms with E-state index in [1.807, 2.05) is 31.3 Å². The Morgan fingerprint density at radius 3 is 2.70 bits per heavy atom. The van der Waals surface area contributed by atoms with E-state index in [2.05, 4.69) is 28.5 Å². The van der Waals surface area contributed by atoms with Gasteiger partial charge in [-0.3, -0.25) is 9.78 Å². The van der Waals surface area contributed by atoms with Gasteiger partial charge in [-0.1, -0.05) is 37.3 Å². The van der Waals surface area contributed by atoms with Crippen molar-refractivity contribution >= 4 is 5.91 Å². The van der Waals surface area contributed by atoms with E-state index in [0.29, 0.717) is 38.9 Å². The Morgan fingerprint density at radius 2 is 2.04 bits per heavy atom. The number of aromatic nitrogens is 1. The second-order valence-corrected chi connectivity index (χ2v) is 7.27. The molecule has 0 bridgehead atoms. The quantitative estimate of drug-likeness (QED) is 0.788. The summed E-state index contributed by atoms with van der Waals surface area (Å²) in [5.74, 6) is 0.0264. The van der Waals surface area contributed by atoms with Crippen LogP contribution in [0.5, 0.6) is 0 Å². The summed E-state index contributed by atoms with van der Waals surface area (Å²) in [5.41, 5.74) is 2.81. The predicted octanol–water partition coefficient (Wildman–Crippen LogP) is 2.98. The number of carbonyl (C=O) groups excluding carboxylic acids is 1. The van der Waals surface area contributed by atoms with Crippen LogP contribution in [0.15, 0.2) is 48.8 Å². The highest BCUT2D eigenvalue weighted by Gasteiger charge is 2.40. The molecule has 0 aliphatic carbocycles. The first-order valence-electron chi connectivity index (χ1n) is 9.66. The van der Waals surface area contributed by atoms with E-state index in [9.17, 15) is 9.90 Å². The molecule has 1 aliphatic heterocycles. The number of rotatable bonds is 7. The topological polar surface area (TPSA) is 71.5 Å². The Bertz CT molecular complexity index is 738. The van der Waals surface area contributed by atoms with Gasteiger partial charge in [-0.15, -0.1) is 0 Å². The lowest BCUT2D eigenvalue weighted by Gasteiger charge is -2.37. The number of aliphatic hydroxyl groups is 1. The predicted molar refractivity (Wildman–Crippen MR) is 105 cm³/mol. The smallest absolute Gasteiger partial charge is 0.227 e. The van der Waals surface area contributed by atoms with Crippen LogP contribution in [0.4, 0.5) is 0 Å². The number of aliphatic hydroxyl groups excluding tert-OH is 1. The molecule has 2 N–H and O–H groups in total. The Kier molecular flexibility index (Phi) is 6.58. The standard InChI is InChI=1S/C22H28N2O3/c1-2-20(16-25)24-21(26)22(8-11-27-12-9-22)14-17-5-3-6-18(13-17)19-7-4-10-23-15-19/h3-7,10,13,15,20,25H,2,8-9,11-12,14,16H2,1H3,(H,24,26). The van der Waals surface area contributed by atoms with Gasteiger partial charge in [0.1, 0.15) is 0 Å². The van der Waals surface area contributed by atoms with Crippen LogP contribution in [0.25, 0.3) is 11.1 Å². The van der Waals surface area contributed by atoms with Gasteiger partial charge >= 0.3 is 0 Å². The van der Waals surface area contributed by atoms with Gasteiger partial charge in [0.05, 0.1) is 18.1 Å². The molecule has 5 heteroatoms. The number of amides is 1. The van der Waals surface area contributed by atoms with E-state index in [1.165, 1.54) is 0 Å². The van der Waals surface area contributed by atoms with Gasteiger partial charge in [-0.2, -0.15) is 0 Å². The number of nitrogens with one attached hydrogen (secondary N) is 1. The minimum atomic E-state index is -0.492. The van der Waals surface area contributed by atoms with Gasteiger partial charge in [0.15, 0.2) is 0 Å². The van der Waals surface area contributed by atoms with Crippen LogP contribution < -0.4 is 5.32 Å². The lowest BCUT2D eigenvalue weighted by Crippen LogP contribution is -2.50. The molecule has 1 saturated heterocycles. The molecule has 1 unspecified atom stereocenters. The van der Waals surface area contributed by atoms with Crippen molar-refractivity contribution < 1.29 is 14.6 Å². The first-order chi connectivity index (χ1) is 13.2. The van der Waals surface area contributed by atoms with E-state index in [4.69, 9.17) is 4.74 Å². The van der Waals surface area contributed by atoms with Crippen LogP contribution in [-0.4, -0.2) is 41.9 Å². The summed E-state index contributed by atoms with van der Waals surface area (Å²) in [5, 5.41) is 12.5. The SMILES string of the molecule is CCC(CO)NC(=O)C1(Cc2cccc(-c3cccnc3)c2)CCOCC1. The molecule has 1 aromatic carbocycles. The van der Waals surface area contributed by atoms with Crippen LogP contribution in [0.1, 0.15) is 31.7 Å². The number of hydrogen-bond acceptors (Lipinski definition) is 4. The zero-order valence-corrected chi connectivity index (χ0v) is 15.9. The molecule has 2 heterocycles. The second-order valence-electron chi connectivity index (χ2n) is 7.27. The molecule has 27 heavy (non-hydrogen) atoms. The number of carbonyl (C=O) groups is 1. The maximum atomic E-state index is 13.1.